The van der Waals surface area contributed by atoms with Crippen molar-refractivity contribution in [2.75, 3.05) is 7.11 Å². The largest absolute Gasteiger partial charge is 0.496 e. The van der Waals surface area contributed by atoms with Gasteiger partial charge in [-0.05, 0) is 19.1 Å². The van der Waals surface area contributed by atoms with Crippen molar-refractivity contribution in [2.24, 2.45) is 0 Å². The summed E-state index contributed by atoms with van der Waals surface area (Å²) < 4.78 is 10.2. The number of para-hydroxylation sites is 1. The molecule has 1 aromatic heterocycles. The molecule has 0 atom stereocenters. The summed E-state index contributed by atoms with van der Waals surface area (Å²) in [5, 5.41) is 3.86. The Morgan fingerprint density at radius 2 is 2.20 bits per heavy atom. The molecule has 15 heavy (non-hydrogen) atoms. The monoisotopic (exact) mass is 203 g/mol. The quantitative estimate of drug-likeness (QED) is 0.766. The van der Waals surface area contributed by atoms with Crippen LogP contribution >= 0.6 is 0 Å². The van der Waals surface area contributed by atoms with Crippen LogP contribution in [0.5, 0.6) is 5.75 Å². The van der Waals surface area contributed by atoms with Gasteiger partial charge in [-0.2, -0.15) is 4.98 Å². The van der Waals surface area contributed by atoms with E-state index in [1.807, 2.05) is 24.3 Å². The van der Waals surface area contributed by atoms with Crippen molar-refractivity contribution in [3.05, 3.63) is 37.1 Å². The van der Waals surface area contributed by atoms with Crippen LogP contribution in [0, 0.1) is 6.92 Å². The zero-order valence-corrected chi connectivity index (χ0v) is 8.43. The molecule has 1 aromatic carbocycles. The molecule has 0 saturated carbocycles. The molecule has 77 valence electrons. The Morgan fingerprint density at radius 3 is 2.87 bits per heavy atom. The molecule has 0 aliphatic carbocycles. The summed E-state index contributed by atoms with van der Waals surface area (Å²) in [5.41, 5.74) is 0.823. The first kappa shape index (κ1) is 9.71. The van der Waals surface area contributed by atoms with Crippen molar-refractivity contribution in [1.82, 2.24) is 10.1 Å². The van der Waals surface area contributed by atoms with E-state index >= 15 is 0 Å². The molecule has 1 heterocycles. The van der Waals surface area contributed by atoms with Gasteiger partial charge < -0.3 is 9.26 Å². The molecule has 4 nitrogen and oxygen atoms in total. The minimum atomic E-state index is 0.488. The summed E-state index contributed by atoms with van der Waals surface area (Å²) in [6.45, 7) is 3.68. The highest BCUT2D eigenvalue weighted by molar-refractivity contribution is 5.63. The highest BCUT2D eigenvalue weighted by Crippen LogP contribution is 2.26. The van der Waals surface area contributed by atoms with E-state index in [9.17, 15) is 0 Å². The zero-order valence-electron chi connectivity index (χ0n) is 8.43. The smallest absolute Gasteiger partial charge is 0.226 e. The third-order valence-electron chi connectivity index (χ3n) is 2.03. The van der Waals surface area contributed by atoms with E-state index in [0.717, 1.165) is 11.3 Å². The molecule has 0 bridgehead atoms. The topological polar surface area (TPSA) is 48.2 Å². The van der Waals surface area contributed by atoms with Crippen molar-refractivity contribution in [1.29, 1.82) is 0 Å². The summed E-state index contributed by atoms with van der Waals surface area (Å²) >= 11 is 0. The lowest BCUT2D eigenvalue weighted by atomic mass is 10.2. The van der Waals surface area contributed by atoms with Crippen LogP contribution in [0.1, 0.15) is 5.89 Å². The van der Waals surface area contributed by atoms with Gasteiger partial charge in [0.1, 0.15) is 5.75 Å². The Labute approximate surface area is 87.9 Å². The van der Waals surface area contributed by atoms with Gasteiger partial charge in [-0.25, -0.2) is 0 Å². The first-order valence-corrected chi connectivity index (χ1v) is 4.60. The van der Waals surface area contributed by atoms with Crippen LogP contribution < -0.4 is 4.74 Å². The van der Waals surface area contributed by atoms with Crippen molar-refractivity contribution >= 4 is 0 Å². The molecule has 1 radical (unpaired) electrons. The lowest BCUT2D eigenvalue weighted by Crippen LogP contribution is -1.89. The number of benzene rings is 1. The van der Waals surface area contributed by atoms with E-state index in [1.165, 1.54) is 0 Å². The third kappa shape index (κ3) is 1.83. The van der Waals surface area contributed by atoms with E-state index < -0.39 is 0 Å². The number of methoxy groups -OCH3 is 1. The number of ether oxygens (including phenoxy) is 1. The molecule has 0 N–H and O–H groups in total. The predicted molar refractivity (Wildman–Crippen MR) is 55.3 cm³/mol. The third-order valence-corrected chi connectivity index (χ3v) is 2.03. The van der Waals surface area contributed by atoms with Crippen LogP contribution in [-0.2, 0) is 6.42 Å². The maximum Gasteiger partial charge on any atom is 0.226 e. The molecule has 4 heteroatoms. The molecular weight excluding hydrogens is 192 g/mol. The number of aromatic nitrogens is 2. The van der Waals surface area contributed by atoms with E-state index in [4.69, 9.17) is 9.26 Å². The van der Waals surface area contributed by atoms with Crippen molar-refractivity contribution < 1.29 is 9.26 Å². The number of nitrogens with zero attached hydrogens (tertiary/aromatic N) is 2. The van der Waals surface area contributed by atoms with Gasteiger partial charge in [0.15, 0.2) is 0 Å². The van der Waals surface area contributed by atoms with Gasteiger partial charge in [0, 0.05) is 6.42 Å². The van der Waals surface area contributed by atoms with Crippen molar-refractivity contribution in [2.45, 2.75) is 6.42 Å². The molecule has 0 unspecified atom stereocenters. The molecule has 0 aliphatic rings. The number of hydrogen-bond donors (Lipinski definition) is 0. The van der Waals surface area contributed by atoms with E-state index in [2.05, 4.69) is 17.1 Å². The van der Waals surface area contributed by atoms with Gasteiger partial charge in [0.25, 0.3) is 0 Å². The molecule has 0 saturated heterocycles. The molecule has 0 fully saturated rings. The Kier molecular flexibility index (Phi) is 2.67. The molecule has 0 amide bonds. The van der Waals surface area contributed by atoms with Gasteiger partial charge >= 0.3 is 0 Å². The van der Waals surface area contributed by atoms with Crippen LogP contribution in [0.4, 0.5) is 0 Å². The number of rotatable bonds is 3. The van der Waals surface area contributed by atoms with Gasteiger partial charge in [-0.1, -0.05) is 17.3 Å². The minimum absolute atomic E-state index is 0.488. The average Bonchev–Trinajstić information content (AvgIpc) is 2.77. The molecule has 2 aromatic rings. The van der Waals surface area contributed by atoms with Crippen LogP contribution in [0.15, 0.2) is 28.8 Å². The second kappa shape index (κ2) is 4.13. The van der Waals surface area contributed by atoms with Gasteiger partial charge in [0.2, 0.25) is 11.7 Å². The normalized spacial score (nSPS) is 10.3. The maximum atomic E-state index is 5.21. The van der Waals surface area contributed by atoms with Crippen molar-refractivity contribution in [3.8, 4) is 17.1 Å². The highest BCUT2D eigenvalue weighted by Gasteiger charge is 2.11. The highest BCUT2D eigenvalue weighted by atomic mass is 16.5. The first-order chi connectivity index (χ1) is 7.35. The fraction of sp³-hybridized carbons (Fsp3) is 0.182. The number of hydrogen-bond acceptors (Lipinski definition) is 4. The van der Waals surface area contributed by atoms with E-state index in [-0.39, 0.29) is 0 Å². The van der Waals surface area contributed by atoms with E-state index in [1.54, 1.807) is 7.11 Å². The van der Waals surface area contributed by atoms with Gasteiger partial charge in [-0.15, -0.1) is 0 Å². The minimum Gasteiger partial charge on any atom is -0.496 e. The predicted octanol–water partition coefficient (Wildman–Crippen LogP) is 2.12. The van der Waals surface area contributed by atoms with Crippen LogP contribution in [0.3, 0.4) is 0 Å². The summed E-state index contributed by atoms with van der Waals surface area (Å²) in [6, 6.07) is 7.54. The Bertz CT molecular complexity index is 451. The fourth-order valence-corrected chi connectivity index (χ4v) is 1.30. The SMILES string of the molecule is [CH2]Cc1nc(-c2ccccc2OC)no1. The van der Waals surface area contributed by atoms with Crippen LogP contribution in [0.25, 0.3) is 11.4 Å². The Balaban J connectivity index is 2.44. The van der Waals surface area contributed by atoms with Gasteiger partial charge in [0.05, 0.1) is 12.7 Å². The summed E-state index contributed by atoms with van der Waals surface area (Å²) in [5.74, 6) is 1.79. The summed E-state index contributed by atoms with van der Waals surface area (Å²) in [7, 11) is 1.61. The van der Waals surface area contributed by atoms with Crippen LogP contribution in [0.2, 0.25) is 0 Å². The van der Waals surface area contributed by atoms with Crippen LogP contribution in [-0.4, -0.2) is 17.3 Å². The maximum absolute atomic E-state index is 5.21. The molecule has 2 rings (SSSR count). The fourth-order valence-electron chi connectivity index (χ4n) is 1.30. The zero-order chi connectivity index (χ0) is 10.7. The Morgan fingerprint density at radius 1 is 1.40 bits per heavy atom. The van der Waals surface area contributed by atoms with E-state index in [0.29, 0.717) is 18.1 Å². The molecule has 0 aliphatic heterocycles. The first-order valence-electron chi connectivity index (χ1n) is 4.60. The molecular formula is C11H11N2O2. The second-order valence-corrected chi connectivity index (χ2v) is 2.96. The lowest BCUT2D eigenvalue weighted by molar-refractivity contribution is 0.385. The average molecular weight is 203 g/mol. The molecule has 0 spiro atoms. The summed E-state index contributed by atoms with van der Waals surface area (Å²) in [4.78, 5) is 4.19. The van der Waals surface area contributed by atoms with Crippen molar-refractivity contribution in [3.63, 3.8) is 0 Å². The standard InChI is InChI=1S/C11H11N2O2/c1-3-10-12-11(13-15-10)8-6-4-5-7-9(8)14-2/h4-7H,1,3H2,2H3. The van der Waals surface area contributed by atoms with Gasteiger partial charge in [-0.3, -0.25) is 0 Å². The second-order valence-electron chi connectivity index (χ2n) is 2.96. The Hall–Kier alpha value is -1.84. The lowest BCUT2D eigenvalue weighted by Gasteiger charge is -2.02. The summed E-state index contributed by atoms with van der Waals surface area (Å²) in [6.07, 6.45) is 0.488.